The van der Waals surface area contributed by atoms with Crippen molar-refractivity contribution in [2.75, 3.05) is 26.7 Å². The van der Waals surface area contributed by atoms with Crippen LogP contribution in [0.15, 0.2) is 24.3 Å². The van der Waals surface area contributed by atoms with Gasteiger partial charge in [0.25, 0.3) is 5.91 Å². The molecule has 22 heavy (non-hydrogen) atoms. The van der Waals surface area contributed by atoms with Crippen LogP contribution < -0.4 is 4.74 Å². The van der Waals surface area contributed by atoms with Gasteiger partial charge in [0.1, 0.15) is 5.75 Å². The lowest BCUT2D eigenvalue weighted by Crippen LogP contribution is -2.48. The van der Waals surface area contributed by atoms with Gasteiger partial charge in [-0.05, 0) is 63.0 Å². The number of amides is 1. The molecule has 1 aromatic carbocycles. The number of ether oxygens (including phenoxy) is 1. The van der Waals surface area contributed by atoms with Crippen molar-refractivity contribution in [3.63, 3.8) is 0 Å². The maximum absolute atomic E-state index is 12.9. The Morgan fingerprint density at radius 3 is 2.50 bits per heavy atom. The first-order valence-electron chi connectivity index (χ1n) is 8.43. The van der Waals surface area contributed by atoms with Crippen molar-refractivity contribution in [2.45, 2.75) is 44.7 Å². The Morgan fingerprint density at radius 2 is 1.82 bits per heavy atom. The van der Waals surface area contributed by atoms with Crippen LogP contribution in [0.1, 0.15) is 43.0 Å². The fraction of sp³-hybridized carbons (Fsp3) is 0.611. The van der Waals surface area contributed by atoms with Crippen molar-refractivity contribution in [1.29, 1.82) is 0 Å². The van der Waals surface area contributed by atoms with E-state index in [0.29, 0.717) is 12.1 Å². The van der Waals surface area contributed by atoms with E-state index in [-0.39, 0.29) is 5.91 Å². The minimum atomic E-state index is 0.174. The first-order valence-corrected chi connectivity index (χ1v) is 8.43. The Balaban J connectivity index is 1.75. The number of hydrogen-bond acceptors (Lipinski definition) is 3. The Hall–Kier alpha value is -1.55. The minimum absolute atomic E-state index is 0.174. The molecule has 2 atom stereocenters. The molecule has 4 nitrogen and oxygen atoms in total. The molecule has 1 amide bonds. The number of benzene rings is 1. The van der Waals surface area contributed by atoms with Gasteiger partial charge in [-0.2, -0.15) is 0 Å². The molecule has 120 valence electrons. The average molecular weight is 302 g/mol. The van der Waals surface area contributed by atoms with E-state index in [0.717, 1.165) is 37.2 Å². The van der Waals surface area contributed by atoms with E-state index in [2.05, 4.69) is 16.7 Å². The summed E-state index contributed by atoms with van der Waals surface area (Å²) in [6, 6.07) is 8.43. The molecular formula is C18H26N2O2. The van der Waals surface area contributed by atoms with Crippen molar-refractivity contribution in [2.24, 2.45) is 0 Å². The lowest BCUT2D eigenvalue weighted by Gasteiger charge is -2.34. The molecule has 0 radical (unpaired) electrons. The van der Waals surface area contributed by atoms with Crippen LogP contribution in [0.25, 0.3) is 0 Å². The van der Waals surface area contributed by atoms with Gasteiger partial charge in [-0.25, -0.2) is 0 Å². The zero-order valence-corrected chi connectivity index (χ0v) is 13.6. The summed E-state index contributed by atoms with van der Waals surface area (Å²) < 4.78 is 5.17. The highest BCUT2D eigenvalue weighted by molar-refractivity contribution is 5.94. The molecule has 2 heterocycles. The van der Waals surface area contributed by atoms with Gasteiger partial charge in [-0.1, -0.05) is 6.92 Å². The molecule has 0 aromatic heterocycles. The Bertz CT molecular complexity index is 514. The summed E-state index contributed by atoms with van der Waals surface area (Å²) in [7, 11) is 1.65. The quantitative estimate of drug-likeness (QED) is 0.857. The third-order valence-corrected chi connectivity index (χ3v) is 5.16. The van der Waals surface area contributed by atoms with Crippen LogP contribution in [0.4, 0.5) is 0 Å². The second kappa shape index (κ2) is 6.69. The summed E-state index contributed by atoms with van der Waals surface area (Å²) >= 11 is 0. The summed E-state index contributed by atoms with van der Waals surface area (Å²) in [6.07, 6.45) is 4.76. The summed E-state index contributed by atoms with van der Waals surface area (Å²) in [5, 5.41) is 0. The van der Waals surface area contributed by atoms with Crippen LogP contribution in [-0.4, -0.2) is 54.5 Å². The molecule has 2 aliphatic heterocycles. The zero-order chi connectivity index (χ0) is 15.5. The molecule has 4 heteroatoms. The highest BCUT2D eigenvalue weighted by Gasteiger charge is 2.39. The minimum Gasteiger partial charge on any atom is -0.497 e. The number of methoxy groups -OCH3 is 1. The second-order valence-corrected chi connectivity index (χ2v) is 6.27. The molecule has 0 saturated carbocycles. The predicted octanol–water partition coefficient (Wildman–Crippen LogP) is 2.78. The fourth-order valence-electron chi connectivity index (χ4n) is 4.02. The number of carbonyl (C=O) groups excluding carboxylic acids is 1. The maximum atomic E-state index is 12.9. The first kappa shape index (κ1) is 15.3. The molecule has 0 unspecified atom stereocenters. The van der Waals surface area contributed by atoms with E-state index in [1.807, 2.05) is 24.3 Å². The number of nitrogens with zero attached hydrogens (tertiary/aromatic N) is 2. The fourth-order valence-corrected chi connectivity index (χ4v) is 4.02. The van der Waals surface area contributed by atoms with Crippen molar-refractivity contribution in [3.8, 4) is 5.75 Å². The number of likely N-dealkylation sites (N-methyl/N-ethyl adjacent to an activating group) is 1. The van der Waals surface area contributed by atoms with E-state index in [4.69, 9.17) is 4.74 Å². The molecule has 2 fully saturated rings. The van der Waals surface area contributed by atoms with Gasteiger partial charge in [0.05, 0.1) is 7.11 Å². The number of rotatable bonds is 4. The van der Waals surface area contributed by atoms with Crippen LogP contribution in [0.2, 0.25) is 0 Å². The third kappa shape index (κ3) is 2.84. The normalized spacial score (nSPS) is 25.6. The highest BCUT2D eigenvalue weighted by Crippen LogP contribution is 2.31. The smallest absolute Gasteiger partial charge is 0.254 e. The van der Waals surface area contributed by atoms with Crippen LogP contribution in [0, 0.1) is 0 Å². The summed E-state index contributed by atoms with van der Waals surface area (Å²) in [6.45, 7) is 5.39. The van der Waals surface area contributed by atoms with Crippen molar-refractivity contribution < 1.29 is 9.53 Å². The van der Waals surface area contributed by atoms with E-state index < -0.39 is 0 Å². The van der Waals surface area contributed by atoms with Gasteiger partial charge < -0.3 is 9.64 Å². The second-order valence-electron chi connectivity index (χ2n) is 6.27. The van der Waals surface area contributed by atoms with Crippen LogP contribution in [0.5, 0.6) is 5.75 Å². The molecule has 1 aromatic rings. The van der Waals surface area contributed by atoms with E-state index >= 15 is 0 Å². The van der Waals surface area contributed by atoms with Gasteiger partial charge in [-0.3, -0.25) is 9.69 Å². The number of carbonyl (C=O) groups is 1. The third-order valence-electron chi connectivity index (χ3n) is 5.16. The lowest BCUT2D eigenvalue weighted by molar-refractivity contribution is 0.0650. The molecule has 0 aliphatic carbocycles. The average Bonchev–Trinajstić information content (AvgIpc) is 3.22. The summed E-state index contributed by atoms with van der Waals surface area (Å²) in [4.78, 5) is 17.5. The summed E-state index contributed by atoms with van der Waals surface area (Å²) in [5.74, 6) is 0.968. The van der Waals surface area contributed by atoms with Crippen molar-refractivity contribution in [3.05, 3.63) is 29.8 Å². The van der Waals surface area contributed by atoms with Crippen LogP contribution in [-0.2, 0) is 0 Å². The standard InChI is InChI=1S/C18H26N2O2/c1-3-19-12-4-6-16(19)17-7-5-13-20(17)18(21)14-8-10-15(22-2)11-9-14/h8-11,16-17H,3-7,12-13H2,1-2H3/t16-,17-/m0/s1. The number of hydrogen-bond donors (Lipinski definition) is 0. The predicted molar refractivity (Wildman–Crippen MR) is 87.3 cm³/mol. The Morgan fingerprint density at radius 1 is 1.14 bits per heavy atom. The van der Waals surface area contributed by atoms with Crippen LogP contribution in [0.3, 0.4) is 0 Å². The largest absolute Gasteiger partial charge is 0.497 e. The highest BCUT2D eigenvalue weighted by atomic mass is 16.5. The molecule has 0 spiro atoms. The van der Waals surface area contributed by atoms with Crippen molar-refractivity contribution in [1.82, 2.24) is 9.80 Å². The molecule has 3 rings (SSSR count). The first-order chi connectivity index (χ1) is 10.7. The van der Waals surface area contributed by atoms with Gasteiger partial charge in [-0.15, -0.1) is 0 Å². The van der Waals surface area contributed by atoms with E-state index in [9.17, 15) is 4.79 Å². The Kier molecular flexibility index (Phi) is 4.67. The van der Waals surface area contributed by atoms with Gasteiger partial charge in [0.2, 0.25) is 0 Å². The molecule has 0 bridgehead atoms. The molecular weight excluding hydrogens is 276 g/mol. The van der Waals surface area contributed by atoms with Gasteiger partial charge >= 0.3 is 0 Å². The number of likely N-dealkylation sites (tertiary alicyclic amines) is 2. The van der Waals surface area contributed by atoms with Gasteiger partial charge in [0, 0.05) is 24.2 Å². The molecule has 0 N–H and O–H groups in total. The van der Waals surface area contributed by atoms with E-state index in [1.165, 1.54) is 19.4 Å². The summed E-state index contributed by atoms with van der Waals surface area (Å²) in [5.41, 5.74) is 0.772. The monoisotopic (exact) mass is 302 g/mol. The lowest BCUT2D eigenvalue weighted by atomic mass is 10.0. The zero-order valence-electron chi connectivity index (χ0n) is 13.6. The van der Waals surface area contributed by atoms with Crippen LogP contribution >= 0.6 is 0 Å². The van der Waals surface area contributed by atoms with Gasteiger partial charge in [0.15, 0.2) is 0 Å². The SMILES string of the molecule is CCN1CCC[C@H]1[C@@H]1CCCN1C(=O)c1ccc(OC)cc1. The Labute approximate surface area is 133 Å². The topological polar surface area (TPSA) is 32.8 Å². The maximum Gasteiger partial charge on any atom is 0.254 e. The van der Waals surface area contributed by atoms with E-state index in [1.54, 1.807) is 7.11 Å². The molecule has 2 aliphatic rings. The molecule has 2 saturated heterocycles. The van der Waals surface area contributed by atoms with Crippen molar-refractivity contribution >= 4 is 5.91 Å².